The van der Waals surface area contributed by atoms with E-state index >= 15 is 0 Å². The number of carbonyl (C=O) groups is 5. The minimum Gasteiger partial charge on any atom is -0.462 e. The maximum absolute atomic E-state index is 14.3. The van der Waals surface area contributed by atoms with Crippen LogP contribution in [0.25, 0.3) is 0 Å². The molecule has 1 aliphatic heterocycles. The summed E-state index contributed by atoms with van der Waals surface area (Å²) in [7, 11) is -6.07. The molecule has 1 heterocycles. The van der Waals surface area contributed by atoms with Gasteiger partial charge < -0.3 is 28.5 Å². The first kappa shape index (κ1) is 39.7. The Morgan fingerprint density at radius 1 is 0.870 bits per heavy atom. The topological polar surface area (TPSA) is 186 Å². The molecule has 54 heavy (non-hydrogen) atoms. The van der Waals surface area contributed by atoms with Gasteiger partial charge in [0.05, 0.1) is 10.8 Å². The van der Waals surface area contributed by atoms with Crippen LogP contribution in [0, 0.1) is 46.3 Å². The number of ketones is 1. The number of halogens is 2. The standard InChI is InChI=1S/C38H52F2O13S/c1-35(13-24-6-7-28(42)26(11-24)17-35)32(43)49-20-29-30(21-50-33(44)36-8-2-4-22(14-36)10-25(15-36)19-41)52-31(51-29)27-12-23-5-3-9-37(16-23,18-27)53-34(45)38(39,40)54(46,47)48/h19,22-27,29-31H,2-18,20-21H2,1H3,(H,46,47,48). The SMILES string of the molecule is CC1(C(=O)OCC2OC(C3CC4CCCC(OC(=O)C(F)(F)S(=O)(=O)O)(C4)C3)OC2COC(=O)C23CCCC(CC(C=O)C2)C3)CC2CCC(=O)C(C2)C1. The molecule has 0 aromatic carbocycles. The van der Waals surface area contributed by atoms with Crippen molar-refractivity contribution in [2.24, 2.45) is 46.3 Å². The third-order valence-electron chi connectivity index (χ3n) is 13.9. The predicted octanol–water partition coefficient (Wildman–Crippen LogP) is 5.12. The monoisotopic (exact) mass is 786 g/mol. The summed E-state index contributed by atoms with van der Waals surface area (Å²) >= 11 is 0. The molecule has 12 atom stereocenters. The normalized spacial score (nSPS) is 42.1. The van der Waals surface area contributed by atoms with Crippen LogP contribution < -0.4 is 0 Å². The number of carbonyl (C=O) groups excluding carboxylic acids is 5. The van der Waals surface area contributed by atoms with E-state index in [0.29, 0.717) is 57.8 Å². The molecule has 12 unspecified atom stereocenters. The van der Waals surface area contributed by atoms with E-state index in [9.17, 15) is 41.2 Å². The molecule has 6 aliphatic carbocycles. The van der Waals surface area contributed by atoms with E-state index in [4.69, 9.17) is 28.2 Å². The van der Waals surface area contributed by atoms with Gasteiger partial charge in [-0.3, -0.25) is 18.9 Å². The van der Waals surface area contributed by atoms with Crippen LogP contribution in [0.4, 0.5) is 8.78 Å². The molecule has 302 valence electrons. The molecule has 0 aromatic rings. The Balaban J connectivity index is 1.07. The Hall–Kier alpha value is -2.56. The summed E-state index contributed by atoms with van der Waals surface area (Å²) in [6.45, 7) is 1.35. The van der Waals surface area contributed by atoms with Crippen LogP contribution in [-0.2, 0) is 57.8 Å². The van der Waals surface area contributed by atoms with Gasteiger partial charge in [-0.15, -0.1) is 0 Å². The van der Waals surface area contributed by atoms with Crippen LogP contribution in [0.2, 0.25) is 0 Å². The van der Waals surface area contributed by atoms with E-state index < -0.39 is 74.1 Å². The molecular formula is C38H52F2O13S. The average molecular weight is 787 g/mol. The summed E-state index contributed by atoms with van der Waals surface area (Å²) in [4.78, 5) is 64.3. The Kier molecular flexibility index (Phi) is 10.8. The van der Waals surface area contributed by atoms with Crippen molar-refractivity contribution in [3.05, 3.63) is 0 Å². The first-order valence-corrected chi connectivity index (χ1v) is 21.1. The number of alkyl halides is 2. The second-order valence-corrected chi connectivity index (χ2v) is 19.5. The van der Waals surface area contributed by atoms with Crippen molar-refractivity contribution >= 4 is 40.1 Å². The molecule has 6 bridgehead atoms. The molecule has 0 radical (unpaired) electrons. The van der Waals surface area contributed by atoms with Gasteiger partial charge in [0.1, 0.15) is 43.1 Å². The first-order valence-electron chi connectivity index (χ1n) is 19.6. The van der Waals surface area contributed by atoms with Crippen molar-refractivity contribution in [2.45, 2.75) is 145 Å². The zero-order valence-corrected chi connectivity index (χ0v) is 31.5. The number of esters is 3. The van der Waals surface area contributed by atoms with Crippen LogP contribution in [0.3, 0.4) is 0 Å². The fourth-order valence-corrected chi connectivity index (χ4v) is 11.8. The van der Waals surface area contributed by atoms with Gasteiger partial charge >= 0.3 is 33.3 Å². The Bertz CT molecular complexity index is 1620. The van der Waals surface area contributed by atoms with Gasteiger partial charge in [0.15, 0.2) is 6.29 Å². The van der Waals surface area contributed by atoms with Crippen LogP contribution >= 0.6 is 0 Å². The fourth-order valence-electron chi connectivity index (χ4n) is 11.5. The number of hydrogen-bond donors (Lipinski definition) is 1. The fraction of sp³-hybridized carbons (Fsp3) is 0.868. The zero-order valence-electron chi connectivity index (χ0n) is 30.7. The van der Waals surface area contributed by atoms with Gasteiger partial charge in [0.2, 0.25) is 0 Å². The minimum atomic E-state index is -6.07. The number of ether oxygens (including phenoxy) is 5. The molecule has 0 aromatic heterocycles. The lowest BCUT2D eigenvalue weighted by molar-refractivity contribution is -0.202. The molecule has 7 aliphatic rings. The maximum Gasteiger partial charge on any atom is 0.465 e. The third-order valence-corrected chi connectivity index (χ3v) is 14.7. The zero-order chi connectivity index (χ0) is 38.7. The molecule has 0 amide bonds. The van der Waals surface area contributed by atoms with Crippen molar-refractivity contribution in [1.82, 2.24) is 0 Å². The van der Waals surface area contributed by atoms with Gasteiger partial charge in [-0.1, -0.05) is 19.3 Å². The molecule has 16 heteroatoms. The highest BCUT2D eigenvalue weighted by Crippen LogP contribution is 2.53. The minimum absolute atomic E-state index is 0.00688. The highest BCUT2D eigenvalue weighted by atomic mass is 32.2. The van der Waals surface area contributed by atoms with Gasteiger partial charge in [-0.05, 0) is 108 Å². The first-order chi connectivity index (χ1) is 25.4. The molecule has 7 fully saturated rings. The van der Waals surface area contributed by atoms with Crippen LogP contribution in [0.15, 0.2) is 0 Å². The molecule has 13 nitrogen and oxygen atoms in total. The highest BCUT2D eigenvalue weighted by Gasteiger charge is 2.59. The summed E-state index contributed by atoms with van der Waals surface area (Å²) in [6.07, 6.45) is 7.63. The summed E-state index contributed by atoms with van der Waals surface area (Å²) in [5.41, 5.74) is -3.09. The second kappa shape index (κ2) is 14.7. The second-order valence-electron chi connectivity index (χ2n) is 18.0. The van der Waals surface area contributed by atoms with E-state index in [2.05, 4.69) is 0 Å². The number of aldehydes is 1. The summed E-state index contributed by atoms with van der Waals surface area (Å²) < 4.78 is 90.2. The van der Waals surface area contributed by atoms with Crippen molar-refractivity contribution in [3.8, 4) is 0 Å². The van der Waals surface area contributed by atoms with E-state index in [-0.39, 0.29) is 67.8 Å². The number of rotatable bonds is 11. The maximum atomic E-state index is 14.3. The lowest BCUT2D eigenvalue weighted by atomic mass is 9.59. The van der Waals surface area contributed by atoms with Gasteiger partial charge in [-0.2, -0.15) is 17.2 Å². The molecular weight excluding hydrogens is 734 g/mol. The van der Waals surface area contributed by atoms with Gasteiger partial charge in [0.25, 0.3) is 0 Å². The highest BCUT2D eigenvalue weighted by molar-refractivity contribution is 7.87. The van der Waals surface area contributed by atoms with Crippen molar-refractivity contribution in [3.63, 3.8) is 0 Å². The largest absolute Gasteiger partial charge is 0.465 e. The smallest absolute Gasteiger partial charge is 0.462 e. The average Bonchev–Trinajstić information content (AvgIpc) is 3.53. The van der Waals surface area contributed by atoms with E-state index in [0.717, 1.165) is 38.4 Å². The Morgan fingerprint density at radius 3 is 2.20 bits per heavy atom. The lowest BCUT2D eigenvalue weighted by Crippen LogP contribution is -2.51. The number of Topliss-reactive ketones (excluding diaryl/α,β-unsaturated/α-hetero) is 1. The summed E-state index contributed by atoms with van der Waals surface area (Å²) in [5.74, 6) is -3.53. The molecule has 7 rings (SSSR count). The van der Waals surface area contributed by atoms with Crippen molar-refractivity contribution in [2.75, 3.05) is 13.2 Å². The van der Waals surface area contributed by atoms with E-state index in [1.165, 1.54) is 0 Å². The summed E-state index contributed by atoms with van der Waals surface area (Å²) in [6, 6.07) is 0. The molecule has 6 saturated carbocycles. The summed E-state index contributed by atoms with van der Waals surface area (Å²) in [5, 5.41) is -5.14. The van der Waals surface area contributed by atoms with Crippen LogP contribution in [0.1, 0.15) is 116 Å². The molecule has 0 spiro atoms. The van der Waals surface area contributed by atoms with Gasteiger partial charge in [-0.25, -0.2) is 4.79 Å². The third kappa shape index (κ3) is 7.74. The van der Waals surface area contributed by atoms with Crippen molar-refractivity contribution < 1.29 is 69.4 Å². The lowest BCUT2D eigenvalue weighted by Gasteiger charge is -2.48. The Labute approximate surface area is 314 Å². The molecule has 1 saturated heterocycles. The van der Waals surface area contributed by atoms with E-state index in [1.807, 2.05) is 6.92 Å². The Morgan fingerprint density at radius 2 is 1.52 bits per heavy atom. The molecule has 1 N–H and O–H groups in total. The van der Waals surface area contributed by atoms with Crippen LogP contribution in [-0.4, -0.2) is 85.5 Å². The predicted molar refractivity (Wildman–Crippen MR) is 182 cm³/mol. The van der Waals surface area contributed by atoms with Gasteiger partial charge in [0, 0.05) is 24.2 Å². The number of hydrogen-bond acceptors (Lipinski definition) is 12. The quantitative estimate of drug-likeness (QED) is 0.126. The van der Waals surface area contributed by atoms with Crippen LogP contribution in [0.5, 0.6) is 0 Å². The van der Waals surface area contributed by atoms with E-state index in [1.54, 1.807) is 0 Å². The van der Waals surface area contributed by atoms with Crippen molar-refractivity contribution in [1.29, 1.82) is 0 Å². The number of fused-ring (bicyclic) bond motifs is 6.